The fraction of sp³-hybridized carbons (Fsp3) is 0.647. The first-order valence-electron chi connectivity index (χ1n) is 8.45. The van der Waals surface area contributed by atoms with E-state index in [-0.39, 0.29) is 23.6 Å². The van der Waals surface area contributed by atoms with E-state index in [2.05, 4.69) is 10.2 Å². The van der Waals surface area contributed by atoms with Crippen molar-refractivity contribution in [3.8, 4) is 5.75 Å². The van der Waals surface area contributed by atoms with Crippen LogP contribution in [0.15, 0.2) is 17.1 Å². The number of aromatic nitrogens is 1. The van der Waals surface area contributed by atoms with Crippen LogP contribution in [0.25, 0.3) is 0 Å². The van der Waals surface area contributed by atoms with Crippen LogP contribution in [-0.2, 0) is 17.9 Å². The molecule has 1 aromatic rings. The minimum absolute atomic E-state index is 0.00176. The van der Waals surface area contributed by atoms with Crippen molar-refractivity contribution in [2.75, 3.05) is 20.2 Å². The summed E-state index contributed by atoms with van der Waals surface area (Å²) in [5, 5.41) is 2.99. The molecule has 0 atom stereocenters. The van der Waals surface area contributed by atoms with Gasteiger partial charge in [-0.05, 0) is 38.8 Å². The predicted octanol–water partition coefficient (Wildman–Crippen LogP) is 1.12. The van der Waals surface area contributed by atoms with Gasteiger partial charge in [-0.15, -0.1) is 0 Å². The summed E-state index contributed by atoms with van der Waals surface area (Å²) in [5.41, 5.74) is 0.752. The second kappa shape index (κ2) is 7.17. The number of ether oxygens (including phenoxy) is 1. The average molecular weight is 319 g/mol. The van der Waals surface area contributed by atoms with Gasteiger partial charge in [0.05, 0.1) is 13.3 Å². The number of carbonyl (C=O) groups excluding carboxylic acids is 1. The SMILES string of the molecule is COc1cn(CC(=O)NC2CC2)c(CN2CCCCC2)cc1=O. The van der Waals surface area contributed by atoms with Crippen LogP contribution in [0.1, 0.15) is 37.8 Å². The molecule has 0 aromatic carbocycles. The zero-order valence-electron chi connectivity index (χ0n) is 13.7. The fourth-order valence-electron chi connectivity index (χ4n) is 3.03. The number of carbonyl (C=O) groups is 1. The molecule has 126 valence electrons. The Morgan fingerprint density at radius 2 is 2.04 bits per heavy atom. The van der Waals surface area contributed by atoms with Crippen LogP contribution in [0.5, 0.6) is 5.75 Å². The van der Waals surface area contributed by atoms with Crippen molar-refractivity contribution in [3.05, 3.63) is 28.2 Å². The number of likely N-dealkylation sites (tertiary alicyclic amines) is 1. The molecule has 6 heteroatoms. The second-order valence-electron chi connectivity index (χ2n) is 6.50. The van der Waals surface area contributed by atoms with Gasteiger partial charge in [0.15, 0.2) is 5.75 Å². The Bertz CT molecular complexity index is 616. The average Bonchev–Trinajstić information content (AvgIpc) is 3.34. The molecule has 3 rings (SSSR count). The quantitative estimate of drug-likeness (QED) is 0.853. The number of nitrogens with zero attached hydrogens (tertiary/aromatic N) is 2. The number of rotatable bonds is 6. The van der Waals surface area contributed by atoms with E-state index in [9.17, 15) is 9.59 Å². The molecule has 2 aliphatic rings. The lowest BCUT2D eigenvalue weighted by atomic mass is 10.1. The van der Waals surface area contributed by atoms with E-state index in [1.165, 1.54) is 26.4 Å². The Morgan fingerprint density at radius 3 is 2.70 bits per heavy atom. The van der Waals surface area contributed by atoms with E-state index in [0.717, 1.165) is 31.6 Å². The van der Waals surface area contributed by atoms with Crippen LogP contribution in [0, 0.1) is 0 Å². The van der Waals surface area contributed by atoms with E-state index in [1.807, 2.05) is 4.57 Å². The van der Waals surface area contributed by atoms with Gasteiger partial charge < -0.3 is 14.6 Å². The molecule has 1 saturated carbocycles. The molecule has 1 aromatic heterocycles. The van der Waals surface area contributed by atoms with Crippen LogP contribution in [0.2, 0.25) is 0 Å². The summed E-state index contributed by atoms with van der Waals surface area (Å²) in [5.74, 6) is 0.282. The van der Waals surface area contributed by atoms with Crippen LogP contribution < -0.4 is 15.5 Å². The zero-order valence-corrected chi connectivity index (χ0v) is 13.7. The van der Waals surface area contributed by atoms with Crippen molar-refractivity contribution >= 4 is 5.91 Å². The number of nitrogens with one attached hydrogen (secondary N) is 1. The van der Waals surface area contributed by atoms with Crippen LogP contribution in [0.3, 0.4) is 0 Å². The molecule has 2 heterocycles. The molecule has 0 radical (unpaired) electrons. The normalized spacial score (nSPS) is 18.7. The zero-order chi connectivity index (χ0) is 16.2. The summed E-state index contributed by atoms with van der Waals surface area (Å²) >= 11 is 0. The molecule has 0 bridgehead atoms. The Kier molecular flexibility index (Phi) is 5.00. The molecule has 1 saturated heterocycles. The molecule has 1 N–H and O–H groups in total. The Labute approximate surface area is 136 Å². The van der Waals surface area contributed by atoms with Crippen molar-refractivity contribution in [3.63, 3.8) is 0 Å². The van der Waals surface area contributed by atoms with Crippen LogP contribution in [-0.4, -0.2) is 41.6 Å². The maximum Gasteiger partial charge on any atom is 0.240 e. The minimum atomic E-state index is -0.127. The highest BCUT2D eigenvalue weighted by Gasteiger charge is 2.23. The molecule has 2 fully saturated rings. The first kappa shape index (κ1) is 16.1. The summed E-state index contributed by atoms with van der Waals surface area (Å²) < 4.78 is 6.98. The number of methoxy groups -OCH3 is 1. The number of amides is 1. The molecule has 0 unspecified atom stereocenters. The topological polar surface area (TPSA) is 63.6 Å². The van der Waals surface area contributed by atoms with Crippen molar-refractivity contribution in [2.24, 2.45) is 0 Å². The van der Waals surface area contributed by atoms with Gasteiger partial charge in [0.2, 0.25) is 11.3 Å². The lowest BCUT2D eigenvalue weighted by Crippen LogP contribution is -2.34. The van der Waals surface area contributed by atoms with Gasteiger partial charge >= 0.3 is 0 Å². The third-order valence-electron chi connectivity index (χ3n) is 4.49. The summed E-state index contributed by atoms with van der Waals surface area (Å²) in [6.45, 7) is 3.04. The first-order valence-corrected chi connectivity index (χ1v) is 8.45. The lowest BCUT2D eigenvalue weighted by Gasteiger charge is -2.27. The second-order valence-corrected chi connectivity index (χ2v) is 6.50. The Hall–Kier alpha value is -1.82. The maximum absolute atomic E-state index is 12.1. The molecule has 1 aliphatic carbocycles. The van der Waals surface area contributed by atoms with Gasteiger partial charge in [-0.25, -0.2) is 0 Å². The lowest BCUT2D eigenvalue weighted by molar-refractivity contribution is -0.121. The molecule has 1 aliphatic heterocycles. The molecule has 0 spiro atoms. The highest BCUT2D eigenvalue weighted by molar-refractivity contribution is 5.76. The highest BCUT2D eigenvalue weighted by atomic mass is 16.5. The molecule has 6 nitrogen and oxygen atoms in total. The van der Waals surface area contributed by atoms with Gasteiger partial charge in [0, 0.05) is 24.3 Å². The van der Waals surface area contributed by atoms with E-state index < -0.39 is 0 Å². The van der Waals surface area contributed by atoms with Crippen molar-refractivity contribution in [1.82, 2.24) is 14.8 Å². The standard InChI is InChI=1S/C17H25N3O3/c1-23-16-11-20(12-17(22)18-13-5-6-13)14(9-15(16)21)10-19-7-3-2-4-8-19/h9,11,13H,2-8,10,12H2,1H3,(H,18,22). The number of hydrogen-bond donors (Lipinski definition) is 1. The highest BCUT2D eigenvalue weighted by Crippen LogP contribution is 2.19. The summed E-state index contributed by atoms with van der Waals surface area (Å²) in [4.78, 5) is 26.6. The number of pyridine rings is 1. The molecular formula is C17H25N3O3. The Balaban J connectivity index is 1.77. The van der Waals surface area contributed by atoms with Gasteiger partial charge in [0.25, 0.3) is 0 Å². The van der Waals surface area contributed by atoms with Gasteiger partial charge in [-0.3, -0.25) is 14.5 Å². The van der Waals surface area contributed by atoms with Crippen molar-refractivity contribution in [1.29, 1.82) is 0 Å². The summed E-state index contributed by atoms with van der Waals surface area (Å²) in [7, 11) is 1.48. The van der Waals surface area contributed by atoms with Gasteiger partial charge in [0.1, 0.15) is 6.54 Å². The van der Waals surface area contributed by atoms with E-state index in [4.69, 9.17) is 4.74 Å². The fourth-order valence-corrected chi connectivity index (χ4v) is 3.03. The molecule has 23 heavy (non-hydrogen) atoms. The predicted molar refractivity (Wildman–Crippen MR) is 87.5 cm³/mol. The van der Waals surface area contributed by atoms with E-state index in [1.54, 1.807) is 12.3 Å². The van der Waals surface area contributed by atoms with E-state index in [0.29, 0.717) is 12.6 Å². The largest absolute Gasteiger partial charge is 0.491 e. The molecular weight excluding hydrogens is 294 g/mol. The third kappa shape index (κ3) is 4.34. The summed E-state index contributed by atoms with van der Waals surface area (Å²) in [6.07, 6.45) is 7.47. The van der Waals surface area contributed by atoms with Crippen molar-refractivity contribution in [2.45, 2.75) is 51.2 Å². The number of piperidine rings is 1. The molecule has 1 amide bonds. The van der Waals surface area contributed by atoms with Gasteiger partial charge in [-0.1, -0.05) is 6.42 Å². The first-order chi connectivity index (χ1) is 11.2. The van der Waals surface area contributed by atoms with Crippen LogP contribution in [0.4, 0.5) is 0 Å². The van der Waals surface area contributed by atoms with Crippen LogP contribution >= 0.6 is 0 Å². The third-order valence-corrected chi connectivity index (χ3v) is 4.49. The Morgan fingerprint density at radius 1 is 1.30 bits per heavy atom. The monoisotopic (exact) mass is 319 g/mol. The summed E-state index contributed by atoms with van der Waals surface area (Å²) in [6, 6.07) is 1.95. The maximum atomic E-state index is 12.1. The smallest absolute Gasteiger partial charge is 0.240 e. The minimum Gasteiger partial charge on any atom is -0.491 e. The van der Waals surface area contributed by atoms with Gasteiger partial charge in [-0.2, -0.15) is 0 Å². The number of hydrogen-bond acceptors (Lipinski definition) is 4. The van der Waals surface area contributed by atoms with E-state index >= 15 is 0 Å². The van der Waals surface area contributed by atoms with Crippen molar-refractivity contribution < 1.29 is 9.53 Å².